The van der Waals surface area contributed by atoms with Gasteiger partial charge in [0.2, 0.25) is 0 Å². The molecule has 1 rings (SSSR count). The lowest BCUT2D eigenvalue weighted by Gasteiger charge is -2.18. The fourth-order valence-electron chi connectivity index (χ4n) is 1.27. The van der Waals surface area contributed by atoms with Crippen molar-refractivity contribution in [3.05, 3.63) is 21.4 Å². The van der Waals surface area contributed by atoms with Crippen LogP contribution < -0.4 is 0 Å². The minimum atomic E-state index is 0.162. The normalized spacial score (nSPS) is 11.2. The van der Waals surface area contributed by atoms with Gasteiger partial charge >= 0.3 is 0 Å². The maximum Gasteiger partial charge on any atom is 0.110 e. The van der Waals surface area contributed by atoms with Crippen LogP contribution in [0, 0.1) is 18.3 Å². The summed E-state index contributed by atoms with van der Waals surface area (Å²) in [6.45, 7) is 8.53. The van der Waals surface area contributed by atoms with E-state index in [0.717, 1.165) is 10.4 Å². The molecule has 0 bridgehead atoms. The van der Waals surface area contributed by atoms with Crippen LogP contribution in [0.3, 0.4) is 0 Å². The average molecular weight is 179 g/mol. The monoisotopic (exact) mass is 179 g/mol. The molecular formula is C10H13NS. The largest absolute Gasteiger partial charge is 0.192 e. The molecule has 1 aromatic heterocycles. The Balaban J connectivity index is 3.22. The summed E-state index contributed by atoms with van der Waals surface area (Å²) >= 11 is 1.54. The Hall–Kier alpha value is -0.810. The highest BCUT2D eigenvalue weighted by molar-refractivity contribution is 7.10. The predicted octanol–water partition coefficient (Wildman–Crippen LogP) is 3.23. The molecule has 0 atom stereocenters. The van der Waals surface area contributed by atoms with Crippen LogP contribution in [0.25, 0.3) is 0 Å². The van der Waals surface area contributed by atoms with Crippen LogP contribution in [-0.2, 0) is 5.41 Å². The van der Waals surface area contributed by atoms with Gasteiger partial charge in [-0.3, -0.25) is 0 Å². The van der Waals surface area contributed by atoms with E-state index in [0.29, 0.717) is 0 Å². The van der Waals surface area contributed by atoms with Crippen LogP contribution in [-0.4, -0.2) is 0 Å². The third kappa shape index (κ3) is 1.51. The molecule has 0 unspecified atom stereocenters. The third-order valence-electron chi connectivity index (χ3n) is 1.95. The van der Waals surface area contributed by atoms with Crippen molar-refractivity contribution < 1.29 is 0 Å². The second-order valence-electron chi connectivity index (χ2n) is 3.97. The van der Waals surface area contributed by atoms with Crippen molar-refractivity contribution in [1.29, 1.82) is 5.26 Å². The Morgan fingerprint density at radius 3 is 2.25 bits per heavy atom. The molecule has 0 aliphatic carbocycles. The van der Waals surface area contributed by atoms with Crippen molar-refractivity contribution in [2.24, 2.45) is 0 Å². The average Bonchev–Trinajstić information content (AvgIpc) is 2.29. The molecular weight excluding hydrogens is 166 g/mol. The summed E-state index contributed by atoms with van der Waals surface area (Å²) in [4.78, 5) is 0.847. The van der Waals surface area contributed by atoms with Crippen LogP contribution in [0.4, 0.5) is 0 Å². The minimum absolute atomic E-state index is 0.162. The summed E-state index contributed by atoms with van der Waals surface area (Å²) in [5.74, 6) is 0. The van der Waals surface area contributed by atoms with Crippen molar-refractivity contribution in [2.75, 3.05) is 0 Å². The standard InChI is InChI=1S/C10H13NS/c1-7-8(10(2,3)4)6-12-9(7)5-11/h6H,1-4H3. The van der Waals surface area contributed by atoms with E-state index >= 15 is 0 Å². The number of hydrogen-bond donors (Lipinski definition) is 0. The molecule has 0 N–H and O–H groups in total. The van der Waals surface area contributed by atoms with Crippen LogP contribution in [0.2, 0.25) is 0 Å². The summed E-state index contributed by atoms with van der Waals surface area (Å²) in [5, 5.41) is 10.8. The van der Waals surface area contributed by atoms with E-state index in [1.54, 1.807) is 11.3 Å². The van der Waals surface area contributed by atoms with E-state index in [1.807, 2.05) is 6.92 Å². The quantitative estimate of drug-likeness (QED) is 0.600. The van der Waals surface area contributed by atoms with Crippen molar-refractivity contribution in [1.82, 2.24) is 0 Å². The van der Waals surface area contributed by atoms with Crippen LogP contribution in [0.5, 0.6) is 0 Å². The maximum absolute atomic E-state index is 8.76. The van der Waals surface area contributed by atoms with Gasteiger partial charge in [0.05, 0.1) is 0 Å². The molecule has 1 nitrogen and oxygen atoms in total. The molecule has 1 aromatic rings. The molecule has 0 saturated carbocycles. The van der Waals surface area contributed by atoms with Crippen LogP contribution >= 0.6 is 11.3 Å². The molecule has 0 aliphatic rings. The van der Waals surface area contributed by atoms with Crippen molar-refractivity contribution in [2.45, 2.75) is 33.1 Å². The molecule has 12 heavy (non-hydrogen) atoms. The highest BCUT2D eigenvalue weighted by atomic mass is 32.1. The van der Waals surface area contributed by atoms with Gasteiger partial charge in [0, 0.05) is 0 Å². The minimum Gasteiger partial charge on any atom is -0.192 e. The lowest BCUT2D eigenvalue weighted by atomic mass is 9.86. The van der Waals surface area contributed by atoms with Crippen molar-refractivity contribution in [3.8, 4) is 6.07 Å². The molecule has 64 valence electrons. The zero-order chi connectivity index (χ0) is 9.35. The number of nitriles is 1. The fraction of sp³-hybridized carbons (Fsp3) is 0.500. The fourth-order valence-corrected chi connectivity index (χ4v) is 2.37. The first-order chi connectivity index (χ1) is 5.46. The summed E-state index contributed by atoms with van der Waals surface area (Å²) in [6, 6.07) is 2.21. The molecule has 0 aliphatic heterocycles. The number of thiophene rings is 1. The van der Waals surface area contributed by atoms with E-state index in [-0.39, 0.29) is 5.41 Å². The van der Waals surface area contributed by atoms with E-state index < -0.39 is 0 Å². The second kappa shape index (κ2) is 2.91. The van der Waals surface area contributed by atoms with E-state index in [1.165, 1.54) is 5.56 Å². The number of hydrogen-bond acceptors (Lipinski definition) is 2. The predicted molar refractivity (Wildman–Crippen MR) is 52.5 cm³/mol. The Morgan fingerprint density at radius 1 is 1.42 bits per heavy atom. The first-order valence-corrected chi connectivity index (χ1v) is 4.83. The highest BCUT2D eigenvalue weighted by Crippen LogP contribution is 2.31. The summed E-state index contributed by atoms with van der Waals surface area (Å²) in [6.07, 6.45) is 0. The molecule has 0 aromatic carbocycles. The molecule has 0 radical (unpaired) electrons. The zero-order valence-electron chi connectivity index (χ0n) is 7.93. The van der Waals surface area contributed by atoms with Gasteiger partial charge in [-0.1, -0.05) is 20.8 Å². The van der Waals surface area contributed by atoms with E-state index in [2.05, 4.69) is 32.2 Å². The first-order valence-electron chi connectivity index (χ1n) is 3.95. The Labute approximate surface area is 77.7 Å². The van der Waals surface area contributed by atoms with Gasteiger partial charge < -0.3 is 0 Å². The SMILES string of the molecule is Cc1c(C(C)(C)C)csc1C#N. The van der Waals surface area contributed by atoms with Gasteiger partial charge in [-0.25, -0.2) is 0 Å². The molecule has 0 amide bonds. The summed E-state index contributed by atoms with van der Waals surface area (Å²) in [5.41, 5.74) is 2.61. The molecule has 1 heterocycles. The first kappa shape index (κ1) is 9.28. The number of rotatable bonds is 0. The smallest absolute Gasteiger partial charge is 0.110 e. The third-order valence-corrected chi connectivity index (χ3v) is 2.94. The Bertz CT molecular complexity index is 323. The van der Waals surface area contributed by atoms with Gasteiger partial charge in [0.15, 0.2) is 0 Å². The number of nitrogens with zero attached hydrogens (tertiary/aromatic N) is 1. The highest BCUT2D eigenvalue weighted by Gasteiger charge is 2.19. The zero-order valence-corrected chi connectivity index (χ0v) is 8.75. The molecule has 0 saturated heterocycles. The van der Waals surface area contributed by atoms with Crippen LogP contribution in [0.15, 0.2) is 5.38 Å². The van der Waals surface area contributed by atoms with Gasteiger partial charge in [-0.15, -0.1) is 11.3 Å². The Morgan fingerprint density at radius 2 is 2.00 bits per heavy atom. The topological polar surface area (TPSA) is 23.8 Å². The van der Waals surface area contributed by atoms with Gasteiger partial charge in [0.25, 0.3) is 0 Å². The molecule has 2 heteroatoms. The molecule has 0 spiro atoms. The lowest BCUT2D eigenvalue weighted by molar-refractivity contribution is 0.589. The van der Waals surface area contributed by atoms with E-state index in [9.17, 15) is 0 Å². The summed E-state index contributed by atoms with van der Waals surface area (Å²) < 4.78 is 0. The Kier molecular flexibility index (Phi) is 2.25. The van der Waals surface area contributed by atoms with Crippen LogP contribution in [0.1, 0.15) is 36.8 Å². The second-order valence-corrected chi connectivity index (χ2v) is 4.84. The van der Waals surface area contributed by atoms with Gasteiger partial charge in [-0.05, 0) is 28.8 Å². The van der Waals surface area contributed by atoms with Crippen molar-refractivity contribution >= 4 is 11.3 Å². The lowest BCUT2D eigenvalue weighted by Crippen LogP contribution is -2.11. The van der Waals surface area contributed by atoms with Gasteiger partial charge in [-0.2, -0.15) is 5.26 Å². The van der Waals surface area contributed by atoms with Gasteiger partial charge in [0.1, 0.15) is 10.9 Å². The van der Waals surface area contributed by atoms with Crippen molar-refractivity contribution in [3.63, 3.8) is 0 Å². The summed E-state index contributed by atoms with van der Waals surface area (Å²) in [7, 11) is 0. The van der Waals surface area contributed by atoms with E-state index in [4.69, 9.17) is 5.26 Å². The maximum atomic E-state index is 8.76. The molecule has 0 fully saturated rings.